The summed E-state index contributed by atoms with van der Waals surface area (Å²) in [5.41, 5.74) is 2.81. The van der Waals surface area contributed by atoms with Gasteiger partial charge in [-0.05, 0) is 49.2 Å². The third kappa shape index (κ3) is 3.56. The Balaban J connectivity index is 2.38. The molecule has 6 heteroatoms. The minimum absolute atomic E-state index is 0.0657. The van der Waals surface area contributed by atoms with Gasteiger partial charge in [-0.25, -0.2) is 8.42 Å². The molecule has 0 radical (unpaired) electrons. The first-order valence-electron chi connectivity index (χ1n) is 6.33. The van der Waals surface area contributed by atoms with Gasteiger partial charge in [0.15, 0.2) is 0 Å². The maximum absolute atomic E-state index is 12.4. The third-order valence-corrected chi connectivity index (χ3v) is 4.86. The van der Waals surface area contributed by atoms with Crippen molar-refractivity contribution in [3.05, 3.63) is 58.1 Å². The Labute approximate surface area is 129 Å². The highest BCUT2D eigenvalue weighted by Crippen LogP contribution is 2.24. The normalized spacial score (nSPS) is 11.4. The fourth-order valence-corrected chi connectivity index (χ4v) is 3.33. The summed E-state index contributed by atoms with van der Waals surface area (Å²) in [6.07, 6.45) is 0. The number of anilines is 1. The first-order valence-corrected chi connectivity index (χ1v) is 8.19. The molecule has 4 nitrogen and oxygen atoms in total. The molecule has 0 atom stereocenters. The van der Waals surface area contributed by atoms with Crippen LogP contribution in [0.5, 0.6) is 0 Å². The molecule has 2 aromatic rings. The molecule has 0 bridgehead atoms. The van der Waals surface area contributed by atoms with E-state index in [-0.39, 0.29) is 11.5 Å². The summed E-state index contributed by atoms with van der Waals surface area (Å²) in [5.74, 6) is 0. The molecule has 112 valence electrons. The van der Waals surface area contributed by atoms with E-state index in [0.29, 0.717) is 16.3 Å². The summed E-state index contributed by atoms with van der Waals surface area (Å²) in [4.78, 5) is 0.0657. The number of halogens is 1. The smallest absolute Gasteiger partial charge is 0.261 e. The van der Waals surface area contributed by atoms with Crippen molar-refractivity contribution in [1.29, 1.82) is 0 Å². The van der Waals surface area contributed by atoms with E-state index in [0.717, 1.165) is 11.1 Å². The van der Waals surface area contributed by atoms with Crippen molar-refractivity contribution in [3.63, 3.8) is 0 Å². The molecule has 0 aromatic heterocycles. The average molecular weight is 326 g/mol. The van der Waals surface area contributed by atoms with Crippen LogP contribution in [-0.4, -0.2) is 13.5 Å². The largest absolute Gasteiger partial charge is 0.392 e. The topological polar surface area (TPSA) is 66.4 Å². The minimum atomic E-state index is -3.72. The summed E-state index contributed by atoms with van der Waals surface area (Å²) < 4.78 is 27.3. The van der Waals surface area contributed by atoms with Gasteiger partial charge in [0.1, 0.15) is 0 Å². The molecular weight excluding hydrogens is 310 g/mol. The van der Waals surface area contributed by atoms with Gasteiger partial charge in [-0.2, -0.15) is 0 Å². The van der Waals surface area contributed by atoms with Crippen LogP contribution in [0.4, 0.5) is 5.69 Å². The molecule has 0 aliphatic heterocycles. The van der Waals surface area contributed by atoms with Crippen LogP contribution >= 0.6 is 11.6 Å². The molecule has 0 aliphatic carbocycles. The Kier molecular flexibility index (Phi) is 4.56. The lowest BCUT2D eigenvalue weighted by Crippen LogP contribution is -2.14. The Morgan fingerprint density at radius 1 is 1.14 bits per heavy atom. The second-order valence-electron chi connectivity index (χ2n) is 4.84. The zero-order chi connectivity index (χ0) is 15.6. The molecule has 0 fully saturated rings. The summed E-state index contributed by atoms with van der Waals surface area (Å²) in [5, 5.41) is 9.51. The quantitative estimate of drug-likeness (QED) is 0.906. The Hall–Kier alpha value is -1.56. The molecule has 0 amide bonds. The number of aliphatic hydroxyl groups is 1. The lowest BCUT2D eigenvalue weighted by molar-refractivity contribution is 0.281. The number of aryl methyl sites for hydroxylation is 2. The van der Waals surface area contributed by atoms with E-state index in [1.807, 2.05) is 26.0 Å². The monoisotopic (exact) mass is 325 g/mol. The maximum atomic E-state index is 12.4. The van der Waals surface area contributed by atoms with Crippen molar-refractivity contribution < 1.29 is 13.5 Å². The van der Waals surface area contributed by atoms with E-state index < -0.39 is 10.0 Å². The molecule has 0 saturated carbocycles. The fourth-order valence-electron chi connectivity index (χ4n) is 1.97. The van der Waals surface area contributed by atoms with Crippen molar-refractivity contribution in [3.8, 4) is 0 Å². The third-order valence-electron chi connectivity index (χ3n) is 3.12. The fraction of sp³-hybridized carbons (Fsp3) is 0.200. The summed E-state index contributed by atoms with van der Waals surface area (Å²) in [6, 6.07) is 9.71. The van der Waals surface area contributed by atoms with Gasteiger partial charge in [0.2, 0.25) is 0 Å². The van der Waals surface area contributed by atoms with E-state index in [4.69, 9.17) is 11.6 Å². The summed E-state index contributed by atoms with van der Waals surface area (Å²) in [7, 11) is -3.72. The predicted octanol–water partition coefficient (Wildman–Crippen LogP) is 3.25. The Morgan fingerprint density at radius 2 is 1.86 bits per heavy atom. The molecule has 0 aliphatic rings. The lowest BCUT2D eigenvalue weighted by Gasteiger charge is -2.12. The van der Waals surface area contributed by atoms with Crippen molar-refractivity contribution in [2.75, 3.05) is 4.72 Å². The number of nitrogens with one attached hydrogen (secondary N) is 1. The van der Waals surface area contributed by atoms with E-state index in [9.17, 15) is 13.5 Å². The Morgan fingerprint density at radius 3 is 2.48 bits per heavy atom. The molecule has 2 N–H and O–H groups in total. The van der Waals surface area contributed by atoms with E-state index in [2.05, 4.69) is 4.72 Å². The van der Waals surface area contributed by atoms with E-state index in [1.54, 1.807) is 6.07 Å². The number of hydrogen-bond donors (Lipinski definition) is 2. The second kappa shape index (κ2) is 6.05. The number of benzene rings is 2. The van der Waals surface area contributed by atoms with Gasteiger partial charge >= 0.3 is 0 Å². The summed E-state index contributed by atoms with van der Waals surface area (Å²) >= 11 is 5.87. The molecule has 2 aromatic carbocycles. The summed E-state index contributed by atoms with van der Waals surface area (Å²) in [6.45, 7) is 3.47. The van der Waals surface area contributed by atoms with Crippen molar-refractivity contribution >= 4 is 27.3 Å². The van der Waals surface area contributed by atoms with Crippen LogP contribution in [0.2, 0.25) is 5.02 Å². The van der Waals surface area contributed by atoms with Gasteiger partial charge in [0.05, 0.1) is 17.2 Å². The van der Waals surface area contributed by atoms with E-state index >= 15 is 0 Å². The SMILES string of the molecule is Cc1ccc(NS(=O)(=O)c2ccc(Cl)c(CO)c2)c(C)c1. The van der Waals surface area contributed by atoms with Gasteiger partial charge in [-0.15, -0.1) is 0 Å². The molecule has 2 rings (SSSR count). The van der Waals surface area contributed by atoms with Gasteiger partial charge in [0, 0.05) is 5.02 Å². The molecule has 0 unspecified atom stereocenters. The van der Waals surface area contributed by atoms with Crippen LogP contribution in [0.1, 0.15) is 16.7 Å². The molecule has 21 heavy (non-hydrogen) atoms. The van der Waals surface area contributed by atoms with Crippen LogP contribution in [0.15, 0.2) is 41.3 Å². The van der Waals surface area contributed by atoms with Gasteiger partial charge in [0.25, 0.3) is 10.0 Å². The standard InChI is InChI=1S/C15H16ClNO3S/c1-10-3-6-15(11(2)7-10)17-21(19,20)13-4-5-14(16)12(8-13)9-18/h3-8,17-18H,9H2,1-2H3. The zero-order valence-electron chi connectivity index (χ0n) is 11.7. The highest BCUT2D eigenvalue weighted by atomic mass is 35.5. The predicted molar refractivity (Wildman–Crippen MR) is 84.1 cm³/mol. The molecule has 0 spiro atoms. The van der Waals surface area contributed by atoms with E-state index in [1.165, 1.54) is 18.2 Å². The van der Waals surface area contributed by atoms with Crippen LogP contribution in [-0.2, 0) is 16.6 Å². The molecule has 0 heterocycles. The van der Waals surface area contributed by atoms with Crippen LogP contribution < -0.4 is 4.72 Å². The Bertz CT molecular complexity index is 772. The van der Waals surface area contributed by atoms with Crippen molar-refractivity contribution in [2.24, 2.45) is 0 Å². The van der Waals surface area contributed by atoms with Gasteiger partial charge in [-0.1, -0.05) is 29.3 Å². The van der Waals surface area contributed by atoms with Crippen molar-refractivity contribution in [1.82, 2.24) is 0 Å². The number of hydrogen-bond acceptors (Lipinski definition) is 3. The second-order valence-corrected chi connectivity index (χ2v) is 6.92. The average Bonchev–Trinajstić information content (AvgIpc) is 2.42. The molecular formula is C15H16ClNO3S. The lowest BCUT2D eigenvalue weighted by atomic mass is 10.1. The van der Waals surface area contributed by atoms with Crippen LogP contribution in [0, 0.1) is 13.8 Å². The highest BCUT2D eigenvalue weighted by molar-refractivity contribution is 7.92. The number of rotatable bonds is 4. The minimum Gasteiger partial charge on any atom is -0.392 e. The van der Waals surface area contributed by atoms with Crippen LogP contribution in [0.3, 0.4) is 0 Å². The highest BCUT2D eigenvalue weighted by Gasteiger charge is 2.16. The van der Waals surface area contributed by atoms with Crippen LogP contribution in [0.25, 0.3) is 0 Å². The maximum Gasteiger partial charge on any atom is 0.261 e. The zero-order valence-corrected chi connectivity index (χ0v) is 13.3. The molecule has 0 saturated heterocycles. The first-order chi connectivity index (χ1) is 9.83. The van der Waals surface area contributed by atoms with Gasteiger partial charge in [-0.3, -0.25) is 4.72 Å². The van der Waals surface area contributed by atoms with Crippen molar-refractivity contribution in [2.45, 2.75) is 25.3 Å². The number of sulfonamides is 1. The van der Waals surface area contributed by atoms with Gasteiger partial charge < -0.3 is 5.11 Å². The number of aliphatic hydroxyl groups excluding tert-OH is 1. The first kappa shape index (κ1) is 15.8.